The van der Waals surface area contributed by atoms with Crippen LogP contribution in [-0.2, 0) is 4.79 Å². The molecule has 1 N–H and O–H groups in total. The Morgan fingerprint density at radius 3 is 3.08 bits per heavy atom. The van der Waals surface area contributed by atoms with Gasteiger partial charge in [0.05, 0.1) is 0 Å². The van der Waals surface area contributed by atoms with Crippen LogP contribution in [0.15, 0.2) is 12.7 Å². The lowest BCUT2D eigenvalue weighted by Crippen LogP contribution is -2.30. The van der Waals surface area contributed by atoms with Crippen LogP contribution in [0.25, 0.3) is 0 Å². The van der Waals surface area contributed by atoms with Gasteiger partial charge in [-0.1, -0.05) is 6.08 Å². The second kappa shape index (κ2) is 5.92. The zero-order chi connectivity index (χ0) is 9.52. The normalized spacial score (nSPS) is 22.6. The number of ketones is 1. The molecule has 74 valence electrons. The molecule has 13 heavy (non-hydrogen) atoms. The van der Waals surface area contributed by atoms with E-state index in [4.69, 9.17) is 0 Å². The summed E-state index contributed by atoms with van der Waals surface area (Å²) in [5.74, 6) is 0.986. The highest BCUT2D eigenvalue weighted by atomic mass is 16.1. The third-order valence-electron chi connectivity index (χ3n) is 2.54. The minimum Gasteiger partial charge on any atom is -0.316 e. The van der Waals surface area contributed by atoms with Crippen LogP contribution in [0.3, 0.4) is 0 Å². The molecule has 1 rings (SSSR count). The van der Waals surface area contributed by atoms with E-state index in [1.807, 2.05) is 6.08 Å². The number of nitrogens with one attached hydrogen (secondary N) is 1. The topological polar surface area (TPSA) is 29.1 Å². The van der Waals surface area contributed by atoms with E-state index in [-0.39, 0.29) is 0 Å². The molecule has 0 radical (unpaired) electrons. The number of Topliss-reactive ketones (excluding diaryl/α,β-unsaturated/α-hetero) is 1. The van der Waals surface area contributed by atoms with Gasteiger partial charge in [0, 0.05) is 12.8 Å². The van der Waals surface area contributed by atoms with Gasteiger partial charge in [0.15, 0.2) is 0 Å². The monoisotopic (exact) mass is 181 g/mol. The van der Waals surface area contributed by atoms with Crippen molar-refractivity contribution in [1.82, 2.24) is 5.32 Å². The molecule has 0 bridgehead atoms. The Kier molecular flexibility index (Phi) is 4.76. The van der Waals surface area contributed by atoms with Crippen LogP contribution in [-0.4, -0.2) is 18.9 Å². The molecule has 2 heteroatoms. The molecule has 0 aliphatic carbocycles. The lowest BCUT2D eigenvalue weighted by Gasteiger charge is -2.21. The largest absolute Gasteiger partial charge is 0.316 e. The summed E-state index contributed by atoms with van der Waals surface area (Å²) in [5.41, 5.74) is 0. The number of allylic oxidation sites excluding steroid dienone is 1. The third kappa shape index (κ3) is 4.23. The molecule has 1 heterocycles. The van der Waals surface area contributed by atoms with Gasteiger partial charge in [0.1, 0.15) is 5.78 Å². The second-order valence-corrected chi connectivity index (χ2v) is 3.78. The fraction of sp³-hybridized carbons (Fsp3) is 0.727. The number of hydrogen-bond acceptors (Lipinski definition) is 2. The van der Waals surface area contributed by atoms with Crippen molar-refractivity contribution < 1.29 is 4.79 Å². The summed E-state index contributed by atoms with van der Waals surface area (Å²) in [7, 11) is 0. The van der Waals surface area contributed by atoms with Crippen LogP contribution < -0.4 is 5.32 Å². The summed E-state index contributed by atoms with van der Waals surface area (Å²) in [6.45, 7) is 5.76. The average Bonchev–Trinajstić information content (AvgIpc) is 2.16. The predicted molar refractivity (Wildman–Crippen MR) is 54.6 cm³/mol. The molecule has 0 spiro atoms. The maximum atomic E-state index is 11.4. The summed E-state index contributed by atoms with van der Waals surface area (Å²) in [6.07, 6.45) is 6.53. The zero-order valence-electron chi connectivity index (χ0n) is 8.22. The Labute approximate surface area is 80.4 Å². The van der Waals surface area contributed by atoms with E-state index < -0.39 is 0 Å². The van der Waals surface area contributed by atoms with Crippen molar-refractivity contribution in [2.24, 2.45) is 5.92 Å². The average molecular weight is 181 g/mol. The van der Waals surface area contributed by atoms with E-state index in [2.05, 4.69) is 11.9 Å². The van der Waals surface area contributed by atoms with Crippen molar-refractivity contribution >= 4 is 5.78 Å². The van der Waals surface area contributed by atoms with Crippen LogP contribution in [0.1, 0.15) is 32.1 Å². The van der Waals surface area contributed by atoms with Crippen LogP contribution in [0, 0.1) is 5.92 Å². The first-order valence-corrected chi connectivity index (χ1v) is 5.16. The zero-order valence-corrected chi connectivity index (χ0v) is 8.22. The maximum absolute atomic E-state index is 11.4. The molecular formula is C11H19NO. The van der Waals surface area contributed by atoms with E-state index in [0.29, 0.717) is 18.1 Å². The number of carbonyl (C=O) groups excluding carboxylic acids is 1. The first-order chi connectivity index (χ1) is 6.33. The van der Waals surface area contributed by atoms with Crippen molar-refractivity contribution in [1.29, 1.82) is 0 Å². The van der Waals surface area contributed by atoms with Gasteiger partial charge >= 0.3 is 0 Å². The third-order valence-corrected chi connectivity index (χ3v) is 2.54. The molecule has 0 aromatic carbocycles. The Morgan fingerprint density at radius 1 is 1.62 bits per heavy atom. The number of carbonyl (C=O) groups is 1. The van der Waals surface area contributed by atoms with Crippen LogP contribution in [0.5, 0.6) is 0 Å². The van der Waals surface area contributed by atoms with Crippen molar-refractivity contribution in [2.75, 3.05) is 13.1 Å². The fourth-order valence-electron chi connectivity index (χ4n) is 1.79. The lowest BCUT2D eigenvalue weighted by atomic mass is 9.93. The van der Waals surface area contributed by atoms with Crippen molar-refractivity contribution in [3.05, 3.63) is 12.7 Å². The lowest BCUT2D eigenvalue weighted by molar-refractivity contribution is -0.120. The number of piperidine rings is 1. The van der Waals surface area contributed by atoms with Crippen molar-refractivity contribution in [3.63, 3.8) is 0 Å². The molecule has 1 saturated heterocycles. The second-order valence-electron chi connectivity index (χ2n) is 3.78. The van der Waals surface area contributed by atoms with Crippen LogP contribution >= 0.6 is 0 Å². The Morgan fingerprint density at radius 2 is 2.46 bits per heavy atom. The Bertz CT molecular complexity index is 171. The van der Waals surface area contributed by atoms with Crippen molar-refractivity contribution in [3.8, 4) is 0 Å². The van der Waals surface area contributed by atoms with E-state index in [0.717, 1.165) is 25.9 Å². The molecule has 1 fully saturated rings. The molecule has 0 amide bonds. The molecule has 1 aliphatic heterocycles. The van der Waals surface area contributed by atoms with Gasteiger partial charge in [-0.05, 0) is 38.3 Å². The smallest absolute Gasteiger partial charge is 0.133 e. The quantitative estimate of drug-likeness (QED) is 0.656. The molecule has 1 unspecified atom stereocenters. The van der Waals surface area contributed by atoms with Gasteiger partial charge in [0.25, 0.3) is 0 Å². The van der Waals surface area contributed by atoms with E-state index in [1.165, 1.54) is 12.8 Å². The first kappa shape index (κ1) is 10.5. The van der Waals surface area contributed by atoms with E-state index in [9.17, 15) is 4.79 Å². The van der Waals surface area contributed by atoms with Gasteiger partial charge in [0.2, 0.25) is 0 Å². The summed E-state index contributed by atoms with van der Waals surface area (Å²) >= 11 is 0. The van der Waals surface area contributed by atoms with Gasteiger partial charge in [-0.15, -0.1) is 6.58 Å². The van der Waals surface area contributed by atoms with Crippen LogP contribution in [0.2, 0.25) is 0 Å². The molecule has 1 atom stereocenters. The molecule has 0 saturated carbocycles. The summed E-state index contributed by atoms with van der Waals surface area (Å²) in [4.78, 5) is 11.4. The standard InChI is InChI=1S/C11H19NO/c1-2-3-6-11(13)8-10-5-4-7-12-9-10/h2,10,12H,1,3-9H2. The minimum atomic E-state index is 0.397. The molecule has 0 aromatic rings. The Balaban J connectivity index is 2.14. The van der Waals surface area contributed by atoms with E-state index in [1.54, 1.807) is 0 Å². The summed E-state index contributed by atoms with van der Waals surface area (Å²) in [5, 5.41) is 3.32. The molecule has 0 aromatic heterocycles. The summed E-state index contributed by atoms with van der Waals surface area (Å²) in [6, 6.07) is 0. The highest BCUT2D eigenvalue weighted by molar-refractivity contribution is 5.78. The molecule has 1 aliphatic rings. The van der Waals surface area contributed by atoms with E-state index >= 15 is 0 Å². The molecule has 2 nitrogen and oxygen atoms in total. The van der Waals surface area contributed by atoms with Gasteiger partial charge in [-0.2, -0.15) is 0 Å². The molecular weight excluding hydrogens is 162 g/mol. The van der Waals surface area contributed by atoms with Crippen LogP contribution in [0.4, 0.5) is 0 Å². The summed E-state index contributed by atoms with van der Waals surface area (Å²) < 4.78 is 0. The SMILES string of the molecule is C=CCCC(=O)CC1CCCNC1. The Hall–Kier alpha value is -0.630. The minimum absolute atomic E-state index is 0.397. The highest BCUT2D eigenvalue weighted by Crippen LogP contribution is 2.15. The first-order valence-electron chi connectivity index (χ1n) is 5.16. The predicted octanol–water partition coefficient (Wildman–Crippen LogP) is 1.91. The van der Waals surface area contributed by atoms with Gasteiger partial charge in [-0.25, -0.2) is 0 Å². The number of hydrogen-bond donors (Lipinski definition) is 1. The van der Waals surface area contributed by atoms with Crippen molar-refractivity contribution in [2.45, 2.75) is 32.1 Å². The van der Waals surface area contributed by atoms with Gasteiger partial charge < -0.3 is 5.32 Å². The number of rotatable bonds is 5. The fourth-order valence-corrected chi connectivity index (χ4v) is 1.79. The maximum Gasteiger partial charge on any atom is 0.133 e. The van der Waals surface area contributed by atoms with Gasteiger partial charge in [-0.3, -0.25) is 4.79 Å². The highest BCUT2D eigenvalue weighted by Gasteiger charge is 2.15.